The second-order valence-corrected chi connectivity index (χ2v) is 5.46. The number of ether oxygens (including phenoxy) is 2. The third-order valence-corrected chi connectivity index (χ3v) is 4.24. The maximum Gasteiger partial charge on any atom is 0.410 e. The molecule has 20 heavy (non-hydrogen) atoms. The predicted octanol–water partition coefficient (Wildman–Crippen LogP) is 1.98. The quantitative estimate of drug-likeness (QED) is 0.795. The molecule has 1 fully saturated rings. The molecular formula is C13H18N2O4S. The number of hydrogen-bond acceptors (Lipinski definition) is 6. The van der Waals surface area contributed by atoms with E-state index in [2.05, 4.69) is 9.72 Å². The minimum atomic E-state index is -0.535. The molecule has 1 aliphatic heterocycles. The van der Waals surface area contributed by atoms with Crippen LogP contribution in [0.1, 0.15) is 30.5 Å². The van der Waals surface area contributed by atoms with E-state index in [4.69, 9.17) is 4.74 Å². The number of methoxy groups -OCH3 is 1. The smallest absolute Gasteiger partial charge is 0.410 e. The second-order valence-electron chi connectivity index (χ2n) is 4.52. The number of aryl methyl sites for hydroxylation is 1. The molecule has 2 heterocycles. The van der Waals surface area contributed by atoms with Gasteiger partial charge < -0.3 is 9.47 Å². The number of rotatable bonds is 4. The van der Waals surface area contributed by atoms with E-state index < -0.39 is 12.1 Å². The summed E-state index contributed by atoms with van der Waals surface area (Å²) in [6.45, 7) is 2.71. The van der Waals surface area contributed by atoms with Crippen molar-refractivity contribution in [3.8, 4) is 0 Å². The molecule has 1 atom stereocenters. The van der Waals surface area contributed by atoms with Gasteiger partial charge in [-0.1, -0.05) is 6.92 Å². The van der Waals surface area contributed by atoms with Gasteiger partial charge in [-0.25, -0.2) is 14.6 Å². The lowest BCUT2D eigenvalue weighted by molar-refractivity contribution is -0.149. The van der Waals surface area contributed by atoms with Gasteiger partial charge in [-0.3, -0.25) is 4.90 Å². The maximum absolute atomic E-state index is 12.0. The maximum atomic E-state index is 12.0. The highest BCUT2D eigenvalue weighted by Crippen LogP contribution is 2.20. The van der Waals surface area contributed by atoms with Crippen LogP contribution in [0, 0.1) is 0 Å². The molecule has 0 aliphatic carbocycles. The van der Waals surface area contributed by atoms with Crippen LogP contribution in [0.15, 0.2) is 5.38 Å². The molecule has 0 N–H and O–H groups in total. The molecule has 0 radical (unpaired) electrons. The van der Waals surface area contributed by atoms with Gasteiger partial charge in [0.2, 0.25) is 0 Å². The van der Waals surface area contributed by atoms with Gasteiger partial charge in [0, 0.05) is 11.9 Å². The van der Waals surface area contributed by atoms with E-state index in [1.165, 1.54) is 12.0 Å². The van der Waals surface area contributed by atoms with Crippen molar-refractivity contribution in [1.29, 1.82) is 0 Å². The number of nitrogens with zero attached hydrogens (tertiary/aromatic N) is 2. The number of carbonyl (C=O) groups is 2. The average molecular weight is 298 g/mol. The van der Waals surface area contributed by atoms with E-state index in [-0.39, 0.29) is 12.6 Å². The molecule has 110 valence electrons. The van der Waals surface area contributed by atoms with Gasteiger partial charge in [-0.15, -0.1) is 11.3 Å². The molecule has 0 saturated carbocycles. The van der Waals surface area contributed by atoms with Crippen LogP contribution in [0.3, 0.4) is 0 Å². The first kappa shape index (κ1) is 14.8. The molecule has 0 spiro atoms. The van der Waals surface area contributed by atoms with Crippen molar-refractivity contribution in [3.05, 3.63) is 16.1 Å². The molecule has 2 rings (SSSR count). The lowest BCUT2D eigenvalue weighted by atomic mass is 10.2. The molecule has 1 unspecified atom stereocenters. The van der Waals surface area contributed by atoms with E-state index in [0.717, 1.165) is 23.5 Å². The van der Waals surface area contributed by atoms with Crippen molar-refractivity contribution in [1.82, 2.24) is 9.88 Å². The fourth-order valence-corrected chi connectivity index (χ4v) is 2.90. The highest BCUT2D eigenvalue weighted by molar-refractivity contribution is 7.09. The number of hydrogen-bond donors (Lipinski definition) is 0. The van der Waals surface area contributed by atoms with E-state index in [1.807, 2.05) is 12.3 Å². The zero-order valence-electron chi connectivity index (χ0n) is 11.6. The summed E-state index contributed by atoms with van der Waals surface area (Å²) in [5.41, 5.74) is 0.753. The highest BCUT2D eigenvalue weighted by Gasteiger charge is 2.35. The van der Waals surface area contributed by atoms with Crippen LogP contribution in [0.4, 0.5) is 4.79 Å². The third-order valence-electron chi connectivity index (χ3n) is 3.20. The molecule has 1 aliphatic rings. The number of amides is 1. The average Bonchev–Trinajstić information content (AvgIpc) is 3.12. The van der Waals surface area contributed by atoms with Crippen LogP contribution in [-0.4, -0.2) is 41.6 Å². The Bertz CT molecular complexity index is 488. The Hall–Kier alpha value is -1.63. The lowest BCUT2D eigenvalue weighted by Gasteiger charge is -2.21. The summed E-state index contributed by atoms with van der Waals surface area (Å²) in [7, 11) is 1.31. The molecule has 1 amide bonds. The standard InChI is InChI=1S/C13H18N2O4S/c1-3-11-14-9(8-20-11)7-19-12(16)10-5-4-6-15(10)13(17)18-2/h8,10H,3-7H2,1-2H3. The van der Waals surface area contributed by atoms with Crippen molar-refractivity contribution in [2.45, 2.75) is 38.8 Å². The normalized spacial score (nSPS) is 18.1. The van der Waals surface area contributed by atoms with Crippen LogP contribution in [0.25, 0.3) is 0 Å². The summed E-state index contributed by atoms with van der Waals surface area (Å²) in [6.07, 6.45) is 1.79. The van der Waals surface area contributed by atoms with Crippen LogP contribution >= 0.6 is 11.3 Å². The van der Waals surface area contributed by atoms with Gasteiger partial charge in [0.05, 0.1) is 17.8 Å². The Labute approximate surface area is 121 Å². The van der Waals surface area contributed by atoms with E-state index in [1.54, 1.807) is 11.3 Å². The molecule has 0 aromatic carbocycles. The number of thiazole rings is 1. The minimum Gasteiger partial charge on any atom is -0.458 e. The summed E-state index contributed by atoms with van der Waals surface area (Å²) in [5, 5.41) is 2.91. The van der Waals surface area contributed by atoms with Crippen molar-refractivity contribution < 1.29 is 19.1 Å². The van der Waals surface area contributed by atoms with E-state index in [0.29, 0.717) is 13.0 Å². The van der Waals surface area contributed by atoms with Crippen molar-refractivity contribution in [3.63, 3.8) is 0 Å². The largest absolute Gasteiger partial charge is 0.458 e. The fraction of sp³-hybridized carbons (Fsp3) is 0.615. The van der Waals surface area contributed by atoms with Gasteiger partial charge in [0.25, 0.3) is 0 Å². The summed E-state index contributed by atoms with van der Waals surface area (Å²) in [4.78, 5) is 29.3. The summed E-state index contributed by atoms with van der Waals surface area (Å²) < 4.78 is 9.91. The van der Waals surface area contributed by atoms with Gasteiger partial charge in [-0.2, -0.15) is 0 Å². The molecule has 1 aromatic rings. The minimum absolute atomic E-state index is 0.154. The SMILES string of the molecule is CCc1nc(COC(=O)C2CCCN2C(=O)OC)cs1. The Morgan fingerprint density at radius 1 is 1.55 bits per heavy atom. The van der Waals surface area contributed by atoms with Crippen LogP contribution in [0.2, 0.25) is 0 Å². The first-order valence-corrected chi connectivity index (χ1v) is 7.48. The topological polar surface area (TPSA) is 68.7 Å². The molecule has 0 bridgehead atoms. The molecule has 6 nitrogen and oxygen atoms in total. The van der Waals surface area contributed by atoms with E-state index >= 15 is 0 Å². The second kappa shape index (κ2) is 6.69. The Morgan fingerprint density at radius 3 is 3.00 bits per heavy atom. The number of carbonyl (C=O) groups excluding carboxylic acids is 2. The Morgan fingerprint density at radius 2 is 2.35 bits per heavy atom. The molecule has 7 heteroatoms. The number of aromatic nitrogens is 1. The van der Waals surface area contributed by atoms with Crippen LogP contribution in [-0.2, 0) is 27.3 Å². The predicted molar refractivity (Wildman–Crippen MR) is 73.4 cm³/mol. The van der Waals surface area contributed by atoms with Crippen LogP contribution < -0.4 is 0 Å². The first-order valence-electron chi connectivity index (χ1n) is 6.60. The fourth-order valence-electron chi connectivity index (χ4n) is 2.17. The monoisotopic (exact) mass is 298 g/mol. The van der Waals surface area contributed by atoms with Gasteiger partial charge in [-0.05, 0) is 19.3 Å². The summed E-state index contributed by atoms with van der Waals surface area (Å²) in [5.74, 6) is -0.390. The highest BCUT2D eigenvalue weighted by atomic mass is 32.1. The van der Waals surface area contributed by atoms with Crippen LogP contribution in [0.5, 0.6) is 0 Å². The van der Waals surface area contributed by atoms with E-state index in [9.17, 15) is 9.59 Å². The molecule has 1 saturated heterocycles. The number of likely N-dealkylation sites (tertiary alicyclic amines) is 1. The lowest BCUT2D eigenvalue weighted by Crippen LogP contribution is -2.41. The molecular weight excluding hydrogens is 280 g/mol. The Balaban J connectivity index is 1.89. The first-order chi connectivity index (χ1) is 9.65. The summed E-state index contributed by atoms with van der Waals surface area (Å²) >= 11 is 1.56. The van der Waals surface area contributed by atoms with Crippen molar-refractivity contribution in [2.24, 2.45) is 0 Å². The van der Waals surface area contributed by atoms with Crippen molar-refractivity contribution >= 4 is 23.4 Å². The molecule has 1 aromatic heterocycles. The van der Waals surface area contributed by atoms with Crippen molar-refractivity contribution in [2.75, 3.05) is 13.7 Å². The Kier molecular flexibility index (Phi) is 4.94. The van der Waals surface area contributed by atoms with Gasteiger partial charge >= 0.3 is 12.1 Å². The summed E-state index contributed by atoms with van der Waals surface area (Å²) in [6, 6.07) is -0.535. The zero-order chi connectivity index (χ0) is 14.5. The number of esters is 1. The van der Waals surface area contributed by atoms with Gasteiger partial charge in [0.15, 0.2) is 0 Å². The zero-order valence-corrected chi connectivity index (χ0v) is 12.4. The van der Waals surface area contributed by atoms with Gasteiger partial charge in [0.1, 0.15) is 12.6 Å². The third kappa shape index (κ3) is 3.27.